The molecule has 132 valence electrons. The molecule has 2 amide bonds. The summed E-state index contributed by atoms with van der Waals surface area (Å²) in [5.41, 5.74) is 2.01. The zero-order valence-corrected chi connectivity index (χ0v) is 13.9. The van der Waals surface area contributed by atoms with E-state index in [2.05, 4.69) is 10.6 Å². The Morgan fingerprint density at radius 3 is 2.48 bits per heavy atom. The lowest BCUT2D eigenvalue weighted by atomic mass is 10.1. The van der Waals surface area contributed by atoms with E-state index in [9.17, 15) is 18.4 Å². The van der Waals surface area contributed by atoms with Gasteiger partial charge in [0.2, 0.25) is 5.91 Å². The van der Waals surface area contributed by atoms with Crippen LogP contribution in [-0.4, -0.2) is 25.0 Å². The molecule has 2 aromatic rings. The topological polar surface area (TPSA) is 67.4 Å². The standard InChI is InChI=1S/C18H18F2N2O3/c1-11-3-4-12(2)16(7-11)25-10-18(24)21-9-17(23)22-13-5-6-14(19)15(20)8-13/h3-8H,9-10H2,1-2H3,(H,21,24)(H,22,23). The van der Waals surface area contributed by atoms with Crippen molar-refractivity contribution in [2.24, 2.45) is 0 Å². The molecule has 2 aromatic carbocycles. The van der Waals surface area contributed by atoms with E-state index >= 15 is 0 Å². The molecule has 0 aliphatic carbocycles. The van der Waals surface area contributed by atoms with Gasteiger partial charge in [-0.1, -0.05) is 12.1 Å². The summed E-state index contributed by atoms with van der Waals surface area (Å²) < 4.78 is 31.3. The fourth-order valence-corrected chi connectivity index (χ4v) is 2.02. The van der Waals surface area contributed by atoms with Gasteiger partial charge in [-0.05, 0) is 43.2 Å². The highest BCUT2D eigenvalue weighted by atomic mass is 19.2. The Balaban J connectivity index is 1.78. The van der Waals surface area contributed by atoms with Crippen molar-refractivity contribution in [1.82, 2.24) is 5.32 Å². The van der Waals surface area contributed by atoms with Gasteiger partial charge in [-0.25, -0.2) is 8.78 Å². The van der Waals surface area contributed by atoms with E-state index in [1.807, 2.05) is 32.0 Å². The van der Waals surface area contributed by atoms with Crippen molar-refractivity contribution < 1.29 is 23.1 Å². The van der Waals surface area contributed by atoms with Crippen LogP contribution in [0.2, 0.25) is 0 Å². The number of carbonyl (C=O) groups is 2. The molecule has 0 radical (unpaired) electrons. The number of ether oxygens (including phenoxy) is 1. The number of halogens is 2. The smallest absolute Gasteiger partial charge is 0.258 e. The monoisotopic (exact) mass is 348 g/mol. The van der Waals surface area contributed by atoms with E-state index < -0.39 is 23.4 Å². The molecule has 0 heterocycles. The maximum atomic E-state index is 13.1. The zero-order chi connectivity index (χ0) is 18.4. The number of aryl methyl sites for hydroxylation is 2. The summed E-state index contributed by atoms with van der Waals surface area (Å²) >= 11 is 0. The quantitative estimate of drug-likeness (QED) is 0.843. The van der Waals surface area contributed by atoms with Crippen LogP contribution in [-0.2, 0) is 9.59 Å². The molecular formula is C18H18F2N2O3. The molecule has 0 bridgehead atoms. The third kappa shape index (κ3) is 5.56. The number of amides is 2. The number of hydrogen-bond acceptors (Lipinski definition) is 3. The summed E-state index contributed by atoms with van der Waals surface area (Å²) in [4.78, 5) is 23.4. The van der Waals surface area contributed by atoms with E-state index in [4.69, 9.17) is 4.74 Å². The van der Waals surface area contributed by atoms with Gasteiger partial charge in [-0.3, -0.25) is 9.59 Å². The van der Waals surface area contributed by atoms with Crippen LogP contribution in [0.5, 0.6) is 5.75 Å². The number of benzene rings is 2. The van der Waals surface area contributed by atoms with Gasteiger partial charge in [0.1, 0.15) is 5.75 Å². The molecule has 0 aliphatic rings. The van der Waals surface area contributed by atoms with Crippen LogP contribution in [0, 0.1) is 25.5 Å². The predicted molar refractivity (Wildman–Crippen MR) is 89.4 cm³/mol. The minimum Gasteiger partial charge on any atom is -0.483 e. The largest absolute Gasteiger partial charge is 0.483 e. The van der Waals surface area contributed by atoms with E-state index in [1.165, 1.54) is 6.07 Å². The summed E-state index contributed by atoms with van der Waals surface area (Å²) in [6.07, 6.45) is 0. The van der Waals surface area contributed by atoms with Gasteiger partial charge in [0.25, 0.3) is 5.91 Å². The molecule has 0 fully saturated rings. The number of carbonyl (C=O) groups excluding carboxylic acids is 2. The van der Waals surface area contributed by atoms with Crippen LogP contribution in [0.3, 0.4) is 0 Å². The van der Waals surface area contributed by atoms with Crippen molar-refractivity contribution in [2.45, 2.75) is 13.8 Å². The lowest BCUT2D eigenvalue weighted by molar-refractivity contribution is -0.125. The molecule has 2 rings (SSSR count). The van der Waals surface area contributed by atoms with Gasteiger partial charge in [0.15, 0.2) is 18.2 Å². The van der Waals surface area contributed by atoms with E-state index in [0.29, 0.717) is 5.75 Å². The van der Waals surface area contributed by atoms with Crippen LogP contribution in [0.4, 0.5) is 14.5 Å². The number of nitrogens with one attached hydrogen (secondary N) is 2. The van der Waals surface area contributed by atoms with Crippen LogP contribution >= 0.6 is 0 Å². The minimum atomic E-state index is -1.07. The van der Waals surface area contributed by atoms with E-state index in [-0.39, 0.29) is 18.8 Å². The van der Waals surface area contributed by atoms with Crippen LogP contribution in [0.25, 0.3) is 0 Å². The summed E-state index contributed by atoms with van der Waals surface area (Å²) in [7, 11) is 0. The Morgan fingerprint density at radius 1 is 1.00 bits per heavy atom. The van der Waals surface area contributed by atoms with Gasteiger partial charge in [0, 0.05) is 11.8 Å². The fourth-order valence-electron chi connectivity index (χ4n) is 2.02. The zero-order valence-electron chi connectivity index (χ0n) is 13.9. The van der Waals surface area contributed by atoms with Gasteiger partial charge < -0.3 is 15.4 Å². The van der Waals surface area contributed by atoms with E-state index in [1.54, 1.807) is 0 Å². The Bertz CT molecular complexity index is 794. The van der Waals surface area contributed by atoms with Crippen molar-refractivity contribution in [3.8, 4) is 5.75 Å². The Hall–Kier alpha value is -2.96. The molecule has 0 unspecified atom stereocenters. The molecule has 0 saturated heterocycles. The number of hydrogen-bond donors (Lipinski definition) is 2. The fraction of sp³-hybridized carbons (Fsp3) is 0.222. The number of anilines is 1. The normalized spacial score (nSPS) is 10.2. The molecule has 0 spiro atoms. The van der Waals surface area contributed by atoms with Gasteiger partial charge in [0.05, 0.1) is 6.54 Å². The average molecular weight is 348 g/mol. The second-order valence-corrected chi connectivity index (χ2v) is 5.51. The average Bonchev–Trinajstić information content (AvgIpc) is 2.57. The highest BCUT2D eigenvalue weighted by Gasteiger charge is 2.09. The molecular weight excluding hydrogens is 330 g/mol. The maximum absolute atomic E-state index is 13.1. The van der Waals surface area contributed by atoms with Gasteiger partial charge in [-0.15, -0.1) is 0 Å². The van der Waals surface area contributed by atoms with Crippen LogP contribution in [0.15, 0.2) is 36.4 Å². The second kappa shape index (κ2) is 8.23. The van der Waals surface area contributed by atoms with E-state index in [0.717, 1.165) is 23.3 Å². The second-order valence-electron chi connectivity index (χ2n) is 5.51. The number of rotatable bonds is 6. The summed E-state index contributed by atoms with van der Waals surface area (Å²) in [5.74, 6) is -2.51. The van der Waals surface area contributed by atoms with Crippen molar-refractivity contribution >= 4 is 17.5 Å². The van der Waals surface area contributed by atoms with Gasteiger partial charge in [-0.2, -0.15) is 0 Å². The molecule has 0 saturated carbocycles. The molecule has 25 heavy (non-hydrogen) atoms. The highest BCUT2D eigenvalue weighted by Crippen LogP contribution is 2.18. The molecule has 5 nitrogen and oxygen atoms in total. The Morgan fingerprint density at radius 2 is 1.76 bits per heavy atom. The molecule has 7 heteroatoms. The molecule has 0 aliphatic heterocycles. The third-order valence-electron chi connectivity index (χ3n) is 3.35. The van der Waals surface area contributed by atoms with Gasteiger partial charge >= 0.3 is 0 Å². The first-order valence-corrected chi connectivity index (χ1v) is 7.57. The van der Waals surface area contributed by atoms with Crippen molar-refractivity contribution in [3.05, 3.63) is 59.2 Å². The Labute approximate surface area is 144 Å². The lowest BCUT2D eigenvalue weighted by Crippen LogP contribution is -2.35. The van der Waals surface area contributed by atoms with Crippen molar-refractivity contribution in [3.63, 3.8) is 0 Å². The highest BCUT2D eigenvalue weighted by molar-refractivity contribution is 5.94. The SMILES string of the molecule is Cc1ccc(C)c(OCC(=O)NCC(=O)Nc2ccc(F)c(F)c2)c1. The summed E-state index contributed by atoms with van der Waals surface area (Å²) in [6, 6.07) is 8.63. The summed E-state index contributed by atoms with van der Waals surface area (Å²) in [6.45, 7) is 3.23. The minimum absolute atomic E-state index is 0.102. The first kappa shape index (κ1) is 18.4. The lowest BCUT2D eigenvalue weighted by Gasteiger charge is -2.10. The third-order valence-corrected chi connectivity index (χ3v) is 3.35. The molecule has 2 N–H and O–H groups in total. The predicted octanol–water partition coefficient (Wildman–Crippen LogP) is 2.72. The van der Waals surface area contributed by atoms with Crippen LogP contribution < -0.4 is 15.4 Å². The summed E-state index contributed by atoms with van der Waals surface area (Å²) in [5, 5.41) is 4.74. The molecule has 0 atom stereocenters. The first-order chi connectivity index (χ1) is 11.8. The first-order valence-electron chi connectivity index (χ1n) is 7.57. The van der Waals surface area contributed by atoms with Crippen molar-refractivity contribution in [1.29, 1.82) is 0 Å². The molecule has 0 aromatic heterocycles. The van der Waals surface area contributed by atoms with Crippen molar-refractivity contribution in [2.75, 3.05) is 18.5 Å². The maximum Gasteiger partial charge on any atom is 0.258 e. The Kier molecular flexibility index (Phi) is 6.05. The van der Waals surface area contributed by atoms with Crippen LogP contribution in [0.1, 0.15) is 11.1 Å².